The molecule has 1 atom stereocenters. The van der Waals surface area contributed by atoms with E-state index in [-0.39, 0.29) is 5.82 Å². The largest absolute Gasteiger partial charge is 0.486 e. The van der Waals surface area contributed by atoms with Crippen LogP contribution in [0.3, 0.4) is 0 Å². The van der Waals surface area contributed by atoms with Crippen LogP contribution in [0, 0.1) is 5.82 Å². The Morgan fingerprint density at radius 2 is 1.74 bits per heavy atom. The fourth-order valence-electron chi connectivity index (χ4n) is 4.63. The first-order chi connectivity index (χ1) is 13.3. The molecule has 2 aromatic rings. The molecule has 1 N–H and O–H groups in total. The third kappa shape index (κ3) is 3.36. The zero-order chi connectivity index (χ0) is 18.2. The molecular formula is C22H25FN2O2. The fraction of sp³-hybridized carbons (Fsp3) is 0.455. The van der Waals surface area contributed by atoms with E-state index < -0.39 is 0 Å². The molecule has 1 unspecified atom stereocenters. The number of para-hydroxylation sites is 1. The highest BCUT2D eigenvalue weighted by atomic mass is 19.1. The third-order valence-electron chi connectivity index (χ3n) is 5.95. The van der Waals surface area contributed by atoms with Crippen molar-refractivity contribution in [3.63, 3.8) is 0 Å². The van der Waals surface area contributed by atoms with Crippen LogP contribution in [0.1, 0.15) is 24.0 Å². The average molecular weight is 368 g/mol. The maximum atomic E-state index is 13.4. The van der Waals surface area contributed by atoms with Crippen LogP contribution in [0.2, 0.25) is 0 Å². The minimum atomic E-state index is -0.125. The summed E-state index contributed by atoms with van der Waals surface area (Å²) in [7, 11) is 0. The van der Waals surface area contributed by atoms with Crippen molar-refractivity contribution in [1.82, 2.24) is 5.32 Å². The van der Waals surface area contributed by atoms with Gasteiger partial charge in [0.2, 0.25) is 0 Å². The average Bonchev–Trinajstić information content (AvgIpc) is 3.09. The van der Waals surface area contributed by atoms with Gasteiger partial charge in [-0.2, -0.15) is 0 Å². The Kier molecular flexibility index (Phi) is 4.40. The molecule has 5 rings (SSSR count). The number of rotatable bonds is 3. The lowest BCUT2D eigenvalue weighted by molar-refractivity contribution is 0.172. The molecule has 2 aromatic carbocycles. The lowest BCUT2D eigenvalue weighted by Crippen LogP contribution is -2.46. The van der Waals surface area contributed by atoms with Gasteiger partial charge in [-0.1, -0.05) is 12.1 Å². The predicted octanol–water partition coefficient (Wildman–Crippen LogP) is 3.32. The highest BCUT2D eigenvalue weighted by Crippen LogP contribution is 2.40. The van der Waals surface area contributed by atoms with Crippen LogP contribution in [0.15, 0.2) is 36.4 Å². The van der Waals surface area contributed by atoms with Gasteiger partial charge in [0.1, 0.15) is 19.0 Å². The van der Waals surface area contributed by atoms with E-state index in [0.717, 1.165) is 61.5 Å². The minimum Gasteiger partial charge on any atom is -0.486 e. The third-order valence-corrected chi connectivity index (χ3v) is 5.95. The Bertz CT molecular complexity index is 833. The number of fused-ring (bicyclic) bond motifs is 2. The van der Waals surface area contributed by atoms with Gasteiger partial charge in [-0.15, -0.1) is 0 Å². The van der Waals surface area contributed by atoms with Gasteiger partial charge in [-0.05, 0) is 61.1 Å². The standard InChI is InChI=1S/C22H25FN2O2/c23-17-5-4-15-13-19(14-16(15)12-17)24-18-6-8-25(9-7-18)20-2-1-3-21-22(20)27-11-10-26-21/h1-5,12,18-19,24H,6-11,13-14H2. The van der Waals surface area contributed by atoms with Crippen LogP contribution < -0.4 is 19.7 Å². The van der Waals surface area contributed by atoms with E-state index in [1.54, 1.807) is 12.1 Å². The summed E-state index contributed by atoms with van der Waals surface area (Å²) in [5.74, 6) is 1.62. The van der Waals surface area contributed by atoms with Crippen LogP contribution in [0.5, 0.6) is 11.5 Å². The summed E-state index contributed by atoms with van der Waals surface area (Å²) in [6, 6.07) is 12.3. The Hall–Kier alpha value is -2.27. The summed E-state index contributed by atoms with van der Waals surface area (Å²) >= 11 is 0. The molecule has 2 aliphatic heterocycles. The lowest BCUT2D eigenvalue weighted by Gasteiger charge is -2.36. The Labute approximate surface area is 159 Å². The van der Waals surface area contributed by atoms with Crippen LogP contribution in [-0.2, 0) is 12.8 Å². The quantitative estimate of drug-likeness (QED) is 0.901. The smallest absolute Gasteiger partial charge is 0.184 e. The van der Waals surface area contributed by atoms with Crippen molar-refractivity contribution in [2.45, 2.75) is 37.8 Å². The van der Waals surface area contributed by atoms with Crippen molar-refractivity contribution < 1.29 is 13.9 Å². The molecule has 3 aliphatic rings. The van der Waals surface area contributed by atoms with Crippen LogP contribution in [0.25, 0.3) is 0 Å². The van der Waals surface area contributed by atoms with Gasteiger partial charge in [0, 0.05) is 25.2 Å². The molecule has 142 valence electrons. The van der Waals surface area contributed by atoms with E-state index >= 15 is 0 Å². The van der Waals surface area contributed by atoms with Gasteiger partial charge in [-0.3, -0.25) is 0 Å². The molecule has 0 saturated carbocycles. The molecule has 1 fully saturated rings. The Morgan fingerprint density at radius 3 is 2.63 bits per heavy atom. The Morgan fingerprint density at radius 1 is 0.926 bits per heavy atom. The lowest BCUT2D eigenvalue weighted by atomic mass is 10.0. The van der Waals surface area contributed by atoms with Crippen molar-refractivity contribution in [1.29, 1.82) is 0 Å². The summed E-state index contributed by atoms with van der Waals surface area (Å²) in [5.41, 5.74) is 3.60. The van der Waals surface area contributed by atoms with E-state index in [1.165, 1.54) is 5.56 Å². The van der Waals surface area contributed by atoms with E-state index in [1.807, 2.05) is 18.2 Å². The van der Waals surface area contributed by atoms with Gasteiger partial charge < -0.3 is 19.7 Å². The number of ether oxygens (including phenoxy) is 2. The fourth-order valence-corrected chi connectivity index (χ4v) is 4.63. The van der Waals surface area contributed by atoms with E-state index in [0.29, 0.717) is 25.3 Å². The van der Waals surface area contributed by atoms with Crippen molar-refractivity contribution in [2.75, 3.05) is 31.2 Å². The van der Waals surface area contributed by atoms with Gasteiger partial charge in [0.05, 0.1) is 5.69 Å². The molecule has 4 nitrogen and oxygen atoms in total. The first-order valence-electron chi connectivity index (χ1n) is 9.93. The Balaban J connectivity index is 1.19. The minimum absolute atomic E-state index is 0.125. The topological polar surface area (TPSA) is 33.7 Å². The molecule has 0 radical (unpaired) electrons. The van der Waals surface area contributed by atoms with Crippen molar-refractivity contribution in [2.24, 2.45) is 0 Å². The van der Waals surface area contributed by atoms with E-state index in [2.05, 4.69) is 16.3 Å². The molecular weight excluding hydrogens is 343 g/mol. The summed E-state index contributed by atoms with van der Waals surface area (Å²) in [5, 5.41) is 3.81. The second-order valence-corrected chi connectivity index (χ2v) is 7.75. The van der Waals surface area contributed by atoms with Crippen LogP contribution in [-0.4, -0.2) is 38.4 Å². The number of hydrogen-bond donors (Lipinski definition) is 1. The molecule has 0 amide bonds. The van der Waals surface area contributed by atoms with Crippen molar-refractivity contribution in [3.05, 3.63) is 53.3 Å². The normalized spacial score (nSPS) is 22.0. The highest BCUT2D eigenvalue weighted by Gasteiger charge is 2.28. The van der Waals surface area contributed by atoms with Crippen molar-refractivity contribution in [3.8, 4) is 11.5 Å². The summed E-state index contributed by atoms with van der Waals surface area (Å²) in [6.07, 6.45) is 4.15. The summed E-state index contributed by atoms with van der Waals surface area (Å²) in [6.45, 7) is 3.25. The maximum Gasteiger partial charge on any atom is 0.184 e. The number of benzene rings is 2. The molecule has 2 heterocycles. The van der Waals surface area contributed by atoms with Crippen LogP contribution >= 0.6 is 0 Å². The maximum absolute atomic E-state index is 13.4. The van der Waals surface area contributed by atoms with Crippen LogP contribution in [0.4, 0.5) is 10.1 Å². The number of nitrogens with zero attached hydrogens (tertiary/aromatic N) is 1. The summed E-state index contributed by atoms with van der Waals surface area (Å²) < 4.78 is 25.0. The number of anilines is 1. The highest BCUT2D eigenvalue weighted by molar-refractivity contribution is 5.65. The predicted molar refractivity (Wildman–Crippen MR) is 103 cm³/mol. The zero-order valence-corrected chi connectivity index (χ0v) is 15.4. The van der Waals surface area contributed by atoms with E-state index in [4.69, 9.17) is 9.47 Å². The number of nitrogens with one attached hydrogen (secondary N) is 1. The molecule has 27 heavy (non-hydrogen) atoms. The SMILES string of the molecule is Fc1ccc2c(c1)CC(NC1CCN(c3cccc4c3OCCO4)CC1)C2. The molecule has 0 spiro atoms. The number of halogens is 1. The van der Waals surface area contributed by atoms with E-state index in [9.17, 15) is 4.39 Å². The van der Waals surface area contributed by atoms with Gasteiger partial charge in [-0.25, -0.2) is 4.39 Å². The summed E-state index contributed by atoms with van der Waals surface area (Å²) in [4.78, 5) is 2.41. The number of piperidine rings is 1. The monoisotopic (exact) mass is 368 g/mol. The second-order valence-electron chi connectivity index (χ2n) is 7.75. The zero-order valence-electron chi connectivity index (χ0n) is 15.4. The first kappa shape index (κ1) is 16.9. The van der Waals surface area contributed by atoms with Gasteiger partial charge >= 0.3 is 0 Å². The molecule has 1 aliphatic carbocycles. The molecule has 0 bridgehead atoms. The number of hydrogen-bond acceptors (Lipinski definition) is 4. The van der Waals surface area contributed by atoms with Crippen molar-refractivity contribution >= 4 is 5.69 Å². The second kappa shape index (κ2) is 7.04. The molecule has 1 saturated heterocycles. The molecule has 5 heteroatoms. The van der Waals surface area contributed by atoms with Gasteiger partial charge in [0.25, 0.3) is 0 Å². The first-order valence-corrected chi connectivity index (χ1v) is 9.93. The van der Waals surface area contributed by atoms with Gasteiger partial charge in [0.15, 0.2) is 11.5 Å². The molecule has 0 aromatic heterocycles.